The molecule has 2 aromatic rings. The van der Waals surface area contributed by atoms with Crippen LogP contribution in [-0.4, -0.2) is 48.8 Å². The Bertz CT molecular complexity index is 737. The summed E-state index contributed by atoms with van der Waals surface area (Å²) in [7, 11) is 1.82. The minimum absolute atomic E-state index is 0.110. The first kappa shape index (κ1) is 21.8. The summed E-state index contributed by atoms with van der Waals surface area (Å²) in [6, 6.07) is 13.1. The van der Waals surface area contributed by atoms with E-state index >= 15 is 0 Å². The predicted octanol–water partition coefficient (Wildman–Crippen LogP) is 3.25. The maximum absolute atomic E-state index is 9.63. The summed E-state index contributed by atoms with van der Waals surface area (Å²) in [4.78, 5) is 8.20. The lowest BCUT2D eigenvalue weighted by Gasteiger charge is -2.29. The van der Waals surface area contributed by atoms with Crippen molar-refractivity contribution in [2.24, 2.45) is 10.9 Å². The Labute approximate surface area is 178 Å². The molecule has 0 radical (unpaired) electrons. The van der Waals surface area contributed by atoms with Crippen molar-refractivity contribution in [3.05, 3.63) is 57.8 Å². The van der Waals surface area contributed by atoms with Gasteiger partial charge in [-0.05, 0) is 47.8 Å². The van der Waals surface area contributed by atoms with Gasteiger partial charge in [0.05, 0.1) is 6.10 Å². The zero-order chi connectivity index (χ0) is 20.5. The van der Waals surface area contributed by atoms with Crippen molar-refractivity contribution in [3.8, 4) is 0 Å². The van der Waals surface area contributed by atoms with Gasteiger partial charge in [-0.2, -0.15) is 0 Å². The standard InChI is InChI=1S/C23H34N4OS/c1-18(14-22-4-3-13-29-22)15-25-23(24-2)26-16-19-5-7-20(8-6-19)17-27-11-9-21(28)10-12-27/h3-8,13,18,21,28H,9-12,14-17H2,1-2H3,(H2,24,25,26). The van der Waals surface area contributed by atoms with Crippen LogP contribution in [0.3, 0.4) is 0 Å². The highest BCUT2D eigenvalue weighted by molar-refractivity contribution is 7.09. The maximum Gasteiger partial charge on any atom is 0.191 e. The third-order valence-electron chi connectivity index (χ3n) is 5.42. The lowest BCUT2D eigenvalue weighted by atomic mass is 10.1. The summed E-state index contributed by atoms with van der Waals surface area (Å²) in [5.41, 5.74) is 2.58. The summed E-state index contributed by atoms with van der Waals surface area (Å²) >= 11 is 1.82. The van der Waals surface area contributed by atoms with E-state index in [2.05, 4.69) is 69.2 Å². The molecule has 0 aliphatic carbocycles. The molecule has 5 nitrogen and oxygen atoms in total. The molecule has 0 bridgehead atoms. The SMILES string of the molecule is CN=C(NCc1ccc(CN2CCC(O)CC2)cc1)NCC(C)Cc1cccs1. The molecule has 3 N–H and O–H groups in total. The molecule has 6 heteroatoms. The molecule has 1 atom stereocenters. The van der Waals surface area contributed by atoms with E-state index in [-0.39, 0.29) is 6.10 Å². The maximum atomic E-state index is 9.63. The predicted molar refractivity (Wildman–Crippen MR) is 122 cm³/mol. The van der Waals surface area contributed by atoms with Crippen LogP contribution in [0.5, 0.6) is 0 Å². The van der Waals surface area contributed by atoms with Gasteiger partial charge in [-0.15, -0.1) is 11.3 Å². The van der Waals surface area contributed by atoms with Crippen LogP contribution in [0.4, 0.5) is 0 Å². The first-order valence-electron chi connectivity index (χ1n) is 10.6. The van der Waals surface area contributed by atoms with Crippen molar-refractivity contribution >= 4 is 17.3 Å². The molecule has 1 unspecified atom stereocenters. The van der Waals surface area contributed by atoms with Crippen molar-refractivity contribution in [1.82, 2.24) is 15.5 Å². The number of nitrogens with one attached hydrogen (secondary N) is 2. The van der Waals surface area contributed by atoms with Crippen LogP contribution in [-0.2, 0) is 19.5 Å². The second-order valence-electron chi connectivity index (χ2n) is 8.02. The van der Waals surface area contributed by atoms with Crippen LogP contribution in [0.1, 0.15) is 35.8 Å². The summed E-state index contributed by atoms with van der Waals surface area (Å²) in [5.74, 6) is 1.40. The fraction of sp³-hybridized carbons (Fsp3) is 0.522. The van der Waals surface area contributed by atoms with Gasteiger partial charge in [0, 0.05) is 44.6 Å². The van der Waals surface area contributed by atoms with E-state index in [1.807, 2.05) is 18.4 Å². The molecule has 0 saturated carbocycles. The minimum Gasteiger partial charge on any atom is -0.393 e. The van der Waals surface area contributed by atoms with E-state index < -0.39 is 0 Å². The van der Waals surface area contributed by atoms with Crippen molar-refractivity contribution < 1.29 is 5.11 Å². The molecule has 0 amide bonds. The van der Waals surface area contributed by atoms with Gasteiger partial charge in [0.25, 0.3) is 0 Å². The van der Waals surface area contributed by atoms with E-state index in [0.29, 0.717) is 5.92 Å². The molecule has 2 heterocycles. The lowest BCUT2D eigenvalue weighted by molar-refractivity contribution is 0.0792. The number of aliphatic hydroxyl groups excluding tert-OH is 1. The lowest BCUT2D eigenvalue weighted by Crippen LogP contribution is -2.39. The van der Waals surface area contributed by atoms with Gasteiger partial charge >= 0.3 is 0 Å². The summed E-state index contributed by atoms with van der Waals surface area (Å²) in [6.45, 7) is 6.86. The fourth-order valence-corrected chi connectivity index (χ4v) is 4.49. The first-order valence-corrected chi connectivity index (χ1v) is 11.5. The van der Waals surface area contributed by atoms with Gasteiger partial charge in [0.1, 0.15) is 0 Å². The summed E-state index contributed by atoms with van der Waals surface area (Å²) in [5, 5.41) is 18.6. The second-order valence-corrected chi connectivity index (χ2v) is 9.05. The molecular formula is C23H34N4OS. The normalized spacial score (nSPS) is 17.3. The van der Waals surface area contributed by atoms with E-state index in [0.717, 1.165) is 57.9 Å². The topological polar surface area (TPSA) is 59.9 Å². The monoisotopic (exact) mass is 414 g/mol. The molecule has 1 aromatic carbocycles. The number of guanidine groups is 1. The number of aliphatic hydroxyl groups is 1. The third kappa shape index (κ3) is 7.46. The highest BCUT2D eigenvalue weighted by atomic mass is 32.1. The van der Waals surface area contributed by atoms with E-state index in [1.54, 1.807) is 0 Å². The Balaban J connectivity index is 1.38. The third-order valence-corrected chi connectivity index (χ3v) is 6.32. The highest BCUT2D eigenvalue weighted by Gasteiger charge is 2.16. The quantitative estimate of drug-likeness (QED) is 0.458. The van der Waals surface area contributed by atoms with Crippen LogP contribution in [0, 0.1) is 5.92 Å². The molecule has 29 heavy (non-hydrogen) atoms. The van der Waals surface area contributed by atoms with Crippen molar-refractivity contribution in [3.63, 3.8) is 0 Å². The van der Waals surface area contributed by atoms with Crippen molar-refractivity contribution in [1.29, 1.82) is 0 Å². The smallest absolute Gasteiger partial charge is 0.191 e. The molecule has 1 aliphatic rings. The number of benzene rings is 1. The van der Waals surface area contributed by atoms with E-state index in [1.165, 1.54) is 16.0 Å². The van der Waals surface area contributed by atoms with Crippen molar-refractivity contribution in [2.75, 3.05) is 26.7 Å². The van der Waals surface area contributed by atoms with Gasteiger partial charge in [-0.3, -0.25) is 9.89 Å². The summed E-state index contributed by atoms with van der Waals surface area (Å²) < 4.78 is 0. The molecule has 3 rings (SSSR count). The number of nitrogens with zero attached hydrogens (tertiary/aromatic N) is 2. The molecule has 1 aliphatic heterocycles. The number of likely N-dealkylation sites (tertiary alicyclic amines) is 1. The number of hydrogen-bond acceptors (Lipinski definition) is 4. The van der Waals surface area contributed by atoms with Gasteiger partial charge in [-0.25, -0.2) is 0 Å². The molecule has 1 aromatic heterocycles. The Morgan fingerprint density at radius 3 is 2.55 bits per heavy atom. The van der Waals surface area contributed by atoms with Gasteiger partial charge < -0.3 is 15.7 Å². The molecule has 0 spiro atoms. The van der Waals surface area contributed by atoms with Crippen LogP contribution in [0.2, 0.25) is 0 Å². The van der Waals surface area contributed by atoms with Crippen LogP contribution in [0.15, 0.2) is 46.8 Å². The van der Waals surface area contributed by atoms with Crippen LogP contribution >= 0.6 is 11.3 Å². The Kier molecular flexibility index (Phi) is 8.52. The largest absolute Gasteiger partial charge is 0.393 e. The number of hydrogen-bond donors (Lipinski definition) is 3. The number of piperidine rings is 1. The molecule has 1 fully saturated rings. The van der Waals surface area contributed by atoms with Gasteiger partial charge in [0.15, 0.2) is 5.96 Å². The molecule has 1 saturated heterocycles. The summed E-state index contributed by atoms with van der Waals surface area (Å²) in [6.07, 6.45) is 2.76. The van der Waals surface area contributed by atoms with E-state index in [9.17, 15) is 5.11 Å². The van der Waals surface area contributed by atoms with Crippen LogP contribution < -0.4 is 10.6 Å². The Hall–Kier alpha value is -1.89. The highest BCUT2D eigenvalue weighted by Crippen LogP contribution is 2.15. The van der Waals surface area contributed by atoms with Gasteiger partial charge in [0.2, 0.25) is 0 Å². The van der Waals surface area contributed by atoms with Gasteiger partial charge in [-0.1, -0.05) is 37.3 Å². The average Bonchev–Trinajstić information content (AvgIpc) is 3.24. The molecule has 158 valence electrons. The van der Waals surface area contributed by atoms with E-state index in [4.69, 9.17) is 0 Å². The Morgan fingerprint density at radius 1 is 1.17 bits per heavy atom. The minimum atomic E-state index is -0.110. The zero-order valence-electron chi connectivity index (χ0n) is 17.6. The molecular weight excluding hydrogens is 380 g/mol. The number of rotatable bonds is 8. The van der Waals surface area contributed by atoms with Crippen molar-refractivity contribution in [2.45, 2.75) is 45.4 Å². The fourth-order valence-electron chi connectivity index (χ4n) is 3.62. The number of aliphatic imine (C=N–C) groups is 1. The zero-order valence-corrected chi connectivity index (χ0v) is 18.4. The Morgan fingerprint density at radius 2 is 1.90 bits per heavy atom. The van der Waals surface area contributed by atoms with Crippen LogP contribution in [0.25, 0.3) is 0 Å². The average molecular weight is 415 g/mol. The first-order chi connectivity index (χ1) is 14.1. The second kappa shape index (κ2) is 11.3. The number of thiophene rings is 1.